The van der Waals surface area contributed by atoms with Crippen molar-refractivity contribution in [3.8, 4) is 5.75 Å². The molecule has 20 heavy (non-hydrogen) atoms. The number of fused-ring (bicyclic) bond motifs is 1. The fourth-order valence-corrected chi connectivity index (χ4v) is 2.36. The maximum absolute atomic E-state index is 5.74. The number of nitrogens with two attached hydrogens (primary N) is 1. The Hall–Kier alpha value is -2.42. The molecule has 3 nitrogen and oxygen atoms in total. The van der Waals surface area contributed by atoms with Gasteiger partial charge in [-0.15, -0.1) is 0 Å². The largest absolute Gasteiger partial charge is 0.492 e. The second-order valence-corrected chi connectivity index (χ2v) is 4.99. The highest BCUT2D eigenvalue weighted by Gasteiger charge is 2.01. The van der Waals surface area contributed by atoms with Gasteiger partial charge in [0.25, 0.3) is 0 Å². The first-order chi connectivity index (χ1) is 9.72. The smallest absolute Gasteiger partial charge is 0.121 e. The summed E-state index contributed by atoms with van der Waals surface area (Å²) in [7, 11) is 0. The van der Waals surface area contributed by atoms with Crippen molar-refractivity contribution in [2.45, 2.75) is 13.5 Å². The van der Waals surface area contributed by atoms with Gasteiger partial charge >= 0.3 is 0 Å². The molecular formula is C17H18N2O. The molecule has 0 saturated carbocycles. The lowest BCUT2D eigenvalue weighted by molar-refractivity contribution is 0.300. The number of anilines is 1. The van der Waals surface area contributed by atoms with Crippen LogP contribution >= 0.6 is 0 Å². The number of aryl methyl sites for hydroxylation is 1. The Morgan fingerprint density at radius 3 is 2.85 bits per heavy atom. The number of hydrogen-bond donors (Lipinski definition) is 1. The van der Waals surface area contributed by atoms with E-state index in [9.17, 15) is 0 Å². The third kappa shape index (κ3) is 2.62. The predicted octanol–water partition coefficient (Wildman–Crippen LogP) is 3.61. The van der Waals surface area contributed by atoms with Crippen LogP contribution in [0, 0.1) is 6.92 Å². The molecule has 3 aromatic rings. The molecule has 0 aliphatic rings. The van der Waals surface area contributed by atoms with E-state index in [-0.39, 0.29) is 0 Å². The van der Waals surface area contributed by atoms with Crippen molar-refractivity contribution in [2.75, 3.05) is 12.3 Å². The van der Waals surface area contributed by atoms with E-state index in [1.807, 2.05) is 24.3 Å². The second-order valence-electron chi connectivity index (χ2n) is 4.99. The average molecular weight is 266 g/mol. The average Bonchev–Trinajstić information content (AvgIpc) is 2.82. The van der Waals surface area contributed by atoms with Gasteiger partial charge in [0, 0.05) is 23.5 Å². The maximum atomic E-state index is 5.74. The van der Waals surface area contributed by atoms with Gasteiger partial charge in [-0.2, -0.15) is 0 Å². The van der Waals surface area contributed by atoms with Crippen LogP contribution in [0.2, 0.25) is 0 Å². The zero-order valence-electron chi connectivity index (χ0n) is 11.5. The fraction of sp³-hybridized carbons (Fsp3) is 0.176. The molecule has 2 N–H and O–H groups in total. The number of benzene rings is 2. The van der Waals surface area contributed by atoms with E-state index in [1.54, 1.807) is 0 Å². The minimum absolute atomic E-state index is 0.626. The van der Waals surface area contributed by atoms with E-state index in [1.165, 1.54) is 16.5 Å². The van der Waals surface area contributed by atoms with Gasteiger partial charge in [-0.3, -0.25) is 0 Å². The van der Waals surface area contributed by atoms with Crippen molar-refractivity contribution >= 4 is 16.6 Å². The van der Waals surface area contributed by atoms with Gasteiger partial charge in [-0.1, -0.05) is 18.2 Å². The SMILES string of the molecule is Cc1ccc2ccn(CCOc3cccc(N)c3)c2c1. The van der Waals surface area contributed by atoms with Gasteiger partial charge in [0.05, 0.1) is 6.54 Å². The Balaban J connectivity index is 1.69. The van der Waals surface area contributed by atoms with Crippen LogP contribution < -0.4 is 10.5 Å². The summed E-state index contributed by atoms with van der Waals surface area (Å²) in [4.78, 5) is 0. The predicted molar refractivity (Wildman–Crippen MR) is 83.0 cm³/mol. The molecule has 0 spiro atoms. The first-order valence-electron chi connectivity index (χ1n) is 6.76. The molecule has 0 bridgehead atoms. The first-order valence-corrected chi connectivity index (χ1v) is 6.76. The summed E-state index contributed by atoms with van der Waals surface area (Å²) in [5.41, 5.74) is 8.98. The number of nitrogen functional groups attached to an aromatic ring is 1. The van der Waals surface area contributed by atoms with Crippen LogP contribution in [0.15, 0.2) is 54.7 Å². The summed E-state index contributed by atoms with van der Waals surface area (Å²) in [6, 6.07) is 16.2. The molecule has 0 aliphatic heterocycles. The Kier molecular flexibility index (Phi) is 3.33. The van der Waals surface area contributed by atoms with E-state index in [0.717, 1.165) is 18.0 Å². The monoisotopic (exact) mass is 266 g/mol. The number of rotatable bonds is 4. The topological polar surface area (TPSA) is 40.2 Å². The molecule has 0 aliphatic carbocycles. The van der Waals surface area contributed by atoms with Crippen molar-refractivity contribution in [3.05, 3.63) is 60.3 Å². The lowest BCUT2D eigenvalue weighted by Crippen LogP contribution is -2.07. The van der Waals surface area contributed by atoms with Crippen molar-refractivity contribution in [3.63, 3.8) is 0 Å². The van der Waals surface area contributed by atoms with Crippen LogP contribution in [0.25, 0.3) is 10.9 Å². The Bertz CT molecular complexity index is 731. The highest BCUT2D eigenvalue weighted by Crippen LogP contribution is 2.18. The van der Waals surface area contributed by atoms with E-state index < -0.39 is 0 Å². The van der Waals surface area contributed by atoms with Gasteiger partial charge in [-0.05, 0) is 42.1 Å². The Morgan fingerprint density at radius 2 is 2.00 bits per heavy atom. The zero-order valence-corrected chi connectivity index (χ0v) is 11.5. The molecule has 0 atom stereocenters. The standard InChI is InChI=1S/C17H18N2O/c1-13-5-6-14-7-8-19(17(14)11-13)9-10-20-16-4-2-3-15(18)12-16/h2-8,11-12H,9-10,18H2,1H3. The number of aromatic nitrogens is 1. The van der Waals surface area contributed by atoms with E-state index in [2.05, 4.69) is 42.0 Å². The van der Waals surface area contributed by atoms with Crippen molar-refractivity contribution in [2.24, 2.45) is 0 Å². The van der Waals surface area contributed by atoms with Crippen LogP contribution in [-0.2, 0) is 6.54 Å². The Morgan fingerprint density at radius 1 is 1.10 bits per heavy atom. The molecule has 0 fully saturated rings. The molecular weight excluding hydrogens is 248 g/mol. The molecule has 3 rings (SSSR count). The molecule has 2 aromatic carbocycles. The minimum atomic E-state index is 0.626. The van der Waals surface area contributed by atoms with Crippen molar-refractivity contribution in [1.29, 1.82) is 0 Å². The molecule has 0 saturated heterocycles. The molecule has 102 valence electrons. The van der Waals surface area contributed by atoms with Gasteiger partial charge in [0.15, 0.2) is 0 Å². The maximum Gasteiger partial charge on any atom is 0.121 e. The first kappa shape index (κ1) is 12.6. The molecule has 1 heterocycles. The van der Waals surface area contributed by atoms with E-state index >= 15 is 0 Å². The summed E-state index contributed by atoms with van der Waals surface area (Å²) >= 11 is 0. The highest BCUT2D eigenvalue weighted by molar-refractivity contribution is 5.80. The van der Waals surface area contributed by atoms with Gasteiger partial charge in [-0.25, -0.2) is 0 Å². The summed E-state index contributed by atoms with van der Waals surface area (Å²) in [6.45, 7) is 3.56. The van der Waals surface area contributed by atoms with Gasteiger partial charge in [0.1, 0.15) is 12.4 Å². The quantitative estimate of drug-likeness (QED) is 0.733. The van der Waals surface area contributed by atoms with Crippen LogP contribution in [0.1, 0.15) is 5.56 Å². The number of nitrogens with zero attached hydrogens (tertiary/aromatic N) is 1. The molecule has 0 radical (unpaired) electrons. The van der Waals surface area contributed by atoms with Crippen LogP contribution in [0.5, 0.6) is 5.75 Å². The summed E-state index contributed by atoms with van der Waals surface area (Å²) in [5.74, 6) is 0.817. The van der Waals surface area contributed by atoms with Crippen molar-refractivity contribution < 1.29 is 4.74 Å². The lowest BCUT2D eigenvalue weighted by Gasteiger charge is -2.09. The summed E-state index contributed by atoms with van der Waals surface area (Å²) in [6.07, 6.45) is 2.10. The zero-order chi connectivity index (χ0) is 13.9. The second kappa shape index (κ2) is 5.29. The fourth-order valence-electron chi connectivity index (χ4n) is 2.36. The summed E-state index contributed by atoms with van der Waals surface area (Å²) in [5, 5.41) is 1.26. The molecule has 1 aromatic heterocycles. The van der Waals surface area contributed by atoms with Crippen LogP contribution in [0.3, 0.4) is 0 Å². The third-order valence-corrected chi connectivity index (χ3v) is 3.39. The summed E-state index contributed by atoms with van der Waals surface area (Å²) < 4.78 is 7.96. The molecule has 3 heteroatoms. The minimum Gasteiger partial charge on any atom is -0.492 e. The Labute approximate surface area is 118 Å². The normalized spacial score (nSPS) is 10.8. The number of hydrogen-bond acceptors (Lipinski definition) is 2. The molecule has 0 unspecified atom stereocenters. The third-order valence-electron chi connectivity index (χ3n) is 3.39. The lowest BCUT2D eigenvalue weighted by atomic mass is 10.2. The van der Waals surface area contributed by atoms with E-state index in [0.29, 0.717) is 6.61 Å². The molecule has 0 amide bonds. The van der Waals surface area contributed by atoms with Crippen molar-refractivity contribution in [1.82, 2.24) is 4.57 Å². The highest BCUT2D eigenvalue weighted by atomic mass is 16.5. The van der Waals surface area contributed by atoms with Gasteiger partial charge in [0.2, 0.25) is 0 Å². The number of ether oxygens (including phenoxy) is 1. The van der Waals surface area contributed by atoms with Crippen LogP contribution in [0.4, 0.5) is 5.69 Å². The van der Waals surface area contributed by atoms with Gasteiger partial charge < -0.3 is 15.0 Å². The van der Waals surface area contributed by atoms with E-state index in [4.69, 9.17) is 10.5 Å². The van der Waals surface area contributed by atoms with Crippen LogP contribution in [-0.4, -0.2) is 11.2 Å².